The number of alkyl halides is 2. The number of guanidine groups is 1. The lowest BCUT2D eigenvalue weighted by Gasteiger charge is -2.35. The van der Waals surface area contributed by atoms with E-state index in [2.05, 4.69) is 20.7 Å². The first-order chi connectivity index (χ1) is 24.3. The molecule has 1 aliphatic carbocycles. The van der Waals surface area contributed by atoms with Crippen LogP contribution in [0.4, 0.5) is 18.4 Å². The average molecular weight is 742 g/mol. The molecule has 3 aromatic rings. The predicted molar refractivity (Wildman–Crippen MR) is 189 cm³/mol. The molecule has 1 aliphatic heterocycles. The van der Waals surface area contributed by atoms with Gasteiger partial charge in [0.25, 0.3) is 5.91 Å². The van der Waals surface area contributed by atoms with E-state index >= 15 is 4.79 Å². The number of carbonyl (C=O) groups excluding carboxylic acids is 4. The van der Waals surface area contributed by atoms with Gasteiger partial charge in [0.15, 0.2) is 0 Å². The maximum absolute atomic E-state index is 15.2. The molecule has 0 unspecified atom stereocenters. The SMILES string of the molecule is CC(C)(C)C[C@]1(c2ccc(-c3cnn(C(F)F)c3)cc2)N/C(=N/C(=O)OC(C)(C)C)N([C@H](COC(=O)NC2CC2)c2ccc(Cl)c(C(N)=O)c2)C1=O. The number of nitrogens with one attached hydrogen (secondary N) is 2. The van der Waals surface area contributed by atoms with E-state index in [0.717, 1.165) is 12.8 Å². The van der Waals surface area contributed by atoms with Crippen LogP contribution in [0, 0.1) is 5.41 Å². The van der Waals surface area contributed by atoms with Gasteiger partial charge in [0.1, 0.15) is 17.7 Å². The minimum atomic E-state index is -2.81. The number of rotatable bonds is 10. The molecule has 2 fully saturated rings. The van der Waals surface area contributed by atoms with E-state index in [9.17, 15) is 23.2 Å². The van der Waals surface area contributed by atoms with E-state index in [0.29, 0.717) is 26.9 Å². The van der Waals surface area contributed by atoms with Gasteiger partial charge in [0.2, 0.25) is 11.9 Å². The van der Waals surface area contributed by atoms with Crippen LogP contribution in [0.25, 0.3) is 11.1 Å². The van der Waals surface area contributed by atoms with E-state index in [1.165, 1.54) is 29.4 Å². The molecule has 2 heterocycles. The predicted octanol–water partition coefficient (Wildman–Crippen LogP) is 6.68. The second-order valence-corrected chi connectivity index (χ2v) is 15.5. The largest absolute Gasteiger partial charge is 0.447 e. The third-order valence-electron chi connectivity index (χ3n) is 8.26. The van der Waals surface area contributed by atoms with Crippen LogP contribution in [-0.4, -0.2) is 62.9 Å². The summed E-state index contributed by atoms with van der Waals surface area (Å²) in [6.07, 6.45) is 2.61. The summed E-state index contributed by atoms with van der Waals surface area (Å²) in [7, 11) is 0. The van der Waals surface area contributed by atoms with Crippen LogP contribution in [0.2, 0.25) is 5.02 Å². The van der Waals surface area contributed by atoms with Gasteiger partial charge in [-0.25, -0.2) is 14.3 Å². The number of halogens is 3. The fourth-order valence-electron chi connectivity index (χ4n) is 5.95. The molecule has 1 aromatic heterocycles. The molecular weight excluding hydrogens is 700 g/mol. The number of primary amides is 1. The Morgan fingerprint density at radius 2 is 1.77 bits per heavy atom. The fourth-order valence-corrected chi connectivity index (χ4v) is 6.16. The molecule has 1 saturated carbocycles. The van der Waals surface area contributed by atoms with Crippen molar-refractivity contribution in [2.24, 2.45) is 16.1 Å². The Hall–Kier alpha value is -5.05. The lowest BCUT2D eigenvalue weighted by molar-refractivity contribution is -0.134. The van der Waals surface area contributed by atoms with Crippen molar-refractivity contribution in [3.63, 3.8) is 0 Å². The van der Waals surface area contributed by atoms with Crippen LogP contribution in [-0.2, 0) is 19.8 Å². The molecule has 13 nitrogen and oxygen atoms in total. The van der Waals surface area contributed by atoms with Crippen LogP contribution in [0.1, 0.15) is 94.9 Å². The first kappa shape index (κ1) is 38.2. The monoisotopic (exact) mass is 741 g/mol. The van der Waals surface area contributed by atoms with Crippen LogP contribution < -0.4 is 16.4 Å². The summed E-state index contributed by atoms with van der Waals surface area (Å²) < 4.78 is 38.2. The number of hydrogen-bond donors (Lipinski definition) is 3. The number of carbonyl (C=O) groups is 4. The lowest BCUT2D eigenvalue weighted by Crippen LogP contribution is -2.47. The number of nitrogens with two attached hydrogens (primary N) is 1. The van der Waals surface area contributed by atoms with Gasteiger partial charge in [-0.3, -0.25) is 14.5 Å². The van der Waals surface area contributed by atoms with E-state index < -0.39 is 59.8 Å². The number of nitrogens with zero attached hydrogens (tertiary/aromatic N) is 4. The average Bonchev–Trinajstić information content (AvgIpc) is 3.62. The van der Waals surface area contributed by atoms with E-state index in [-0.39, 0.29) is 29.0 Å². The van der Waals surface area contributed by atoms with Gasteiger partial charge in [-0.1, -0.05) is 62.7 Å². The van der Waals surface area contributed by atoms with Crippen molar-refractivity contribution in [1.29, 1.82) is 0 Å². The standard InChI is InChI=1S/C36H42ClF2N7O6/c1-34(2,3)19-36(23-10-7-20(8-11-23)22-16-41-45(17-22)30(38)39)29(48)46(31(44-36)43-33(50)52-35(4,5)6)27(18-51-32(49)42-24-12-13-24)21-9-14-26(37)25(15-21)28(40)47/h7-11,14-17,24,27,30H,12-13,18-19H2,1-6H3,(H2,40,47)(H,42,49)(H,43,44,50)/t27-,36-/m1/s1. The molecule has 2 aromatic carbocycles. The minimum absolute atomic E-state index is 0.0190. The number of alkyl carbamates (subject to hydrolysis) is 1. The van der Waals surface area contributed by atoms with Crippen molar-refractivity contribution >= 4 is 41.6 Å². The summed E-state index contributed by atoms with van der Waals surface area (Å²) in [4.78, 5) is 59.1. The van der Waals surface area contributed by atoms with Crippen molar-refractivity contribution in [2.45, 2.75) is 90.6 Å². The Labute approximate surface area is 304 Å². The number of amides is 4. The fraction of sp³-hybridized carbons (Fsp3) is 0.444. The molecule has 278 valence electrons. The van der Waals surface area contributed by atoms with Crippen molar-refractivity contribution in [3.8, 4) is 11.1 Å². The van der Waals surface area contributed by atoms with Gasteiger partial charge >= 0.3 is 18.7 Å². The number of hydrogen-bond acceptors (Lipinski definition) is 7. The quantitative estimate of drug-likeness (QED) is 0.207. The molecule has 0 bridgehead atoms. The number of benzene rings is 2. The van der Waals surface area contributed by atoms with Crippen LogP contribution >= 0.6 is 11.6 Å². The van der Waals surface area contributed by atoms with Crippen LogP contribution in [0.5, 0.6) is 0 Å². The molecule has 5 rings (SSSR count). The molecule has 0 spiro atoms. The summed E-state index contributed by atoms with van der Waals surface area (Å²) in [6.45, 7) is 7.58. The number of aromatic nitrogens is 2. The van der Waals surface area contributed by atoms with Crippen LogP contribution in [0.3, 0.4) is 0 Å². The van der Waals surface area contributed by atoms with Crippen LogP contribution in [0.15, 0.2) is 59.9 Å². The van der Waals surface area contributed by atoms with Gasteiger partial charge in [-0.15, -0.1) is 4.99 Å². The van der Waals surface area contributed by atoms with Gasteiger partial charge in [-0.2, -0.15) is 13.9 Å². The maximum atomic E-state index is 15.2. The highest BCUT2D eigenvalue weighted by Crippen LogP contribution is 2.43. The smallest absolute Gasteiger partial charge is 0.437 e. The Balaban J connectivity index is 1.66. The molecule has 16 heteroatoms. The summed E-state index contributed by atoms with van der Waals surface area (Å²) in [5.74, 6) is -1.58. The Morgan fingerprint density at radius 3 is 2.33 bits per heavy atom. The highest BCUT2D eigenvalue weighted by atomic mass is 35.5. The third-order valence-corrected chi connectivity index (χ3v) is 8.59. The zero-order valence-corrected chi connectivity index (χ0v) is 30.5. The molecule has 1 saturated heterocycles. The molecular formula is C36H42ClF2N7O6. The van der Waals surface area contributed by atoms with Gasteiger partial charge in [0.05, 0.1) is 22.8 Å². The van der Waals surface area contributed by atoms with Crippen molar-refractivity contribution < 1.29 is 37.4 Å². The first-order valence-electron chi connectivity index (χ1n) is 16.7. The third kappa shape index (κ3) is 8.87. The minimum Gasteiger partial charge on any atom is -0.447 e. The second kappa shape index (κ2) is 14.5. The van der Waals surface area contributed by atoms with Gasteiger partial charge < -0.3 is 25.8 Å². The summed E-state index contributed by atoms with van der Waals surface area (Å²) in [5, 5.41) is 9.76. The Morgan fingerprint density at radius 1 is 1.10 bits per heavy atom. The van der Waals surface area contributed by atoms with Gasteiger partial charge in [-0.05, 0) is 74.3 Å². The molecule has 0 radical (unpaired) electrons. The topological polar surface area (TPSA) is 170 Å². The van der Waals surface area contributed by atoms with Gasteiger partial charge in [0, 0.05) is 17.8 Å². The molecule has 4 N–H and O–H groups in total. The molecule has 4 amide bonds. The highest BCUT2D eigenvalue weighted by Gasteiger charge is 2.55. The Bertz CT molecular complexity index is 1880. The van der Waals surface area contributed by atoms with E-state index in [1.54, 1.807) is 51.1 Å². The van der Waals surface area contributed by atoms with Crippen molar-refractivity contribution in [2.75, 3.05) is 6.61 Å². The molecule has 2 atom stereocenters. The summed E-state index contributed by atoms with van der Waals surface area (Å²) in [6, 6.07) is 9.93. The van der Waals surface area contributed by atoms with Crippen molar-refractivity contribution in [3.05, 3.63) is 76.6 Å². The van der Waals surface area contributed by atoms with Crippen molar-refractivity contribution in [1.82, 2.24) is 25.3 Å². The molecule has 2 aliphatic rings. The first-order valence-corrected chi connectivity index (χ1v) is 17.0. The number of ether oxygens (including phenoxy) is 2. The Kier molecular flexibility index (Phi) is 10.7. The normalized spacial score (nSPS) is 19.1. The van der Waals surface area contributed by atoms with E-state index in [1.807, 2.05) is 20.8 Å². The molecule has 52 heavy (non-hydrogen) atoms. The number of aliphatic imine (C=N–C) groups is 1. The summed E-state index contributed by atoms with van der Waals surface area (Å²) >= 11 is 6.29. The zero-order chi connectivity index (χ0) is 38.2. The van der Waals surface area contributed by atoms with E-state index in [4.69, 9.17) is 26.8 Å². The maximum Gasteiger partial charge on any atom is 0.437 e. The zero-order valence-electron chi connectivity index (χ0n) is 29.7. The lowest BCUT2D eigenvalue weighted by atomic mass is 9.75. The second-order valence-electron chi connectivity index (χ2n) is 15.1. The summed E-state index contributed by atoms with van der Waals surface area (Å²) in [5.41, 5.74) is 4.37. The highest BCUT2D eigenvalue weighted by molar-refractivity contribution is 6.33.